The van der Waals surface area contributed by atoms with Gasteiger partial charge in [-0.05, 0) is 18.2 Å². The van der Waals surface area contributed by atoms with E-state index in [1.54, 1.807) is 23.5 Å². The molecular formula is C14H13ClN2OS. The number of halogens is 1. The Kier molecular flexibility index (Phi) is 3.73. The van der Waals surface area contributed by atoms with Crippen LogP contribution >= 0.6 is 11.3 Å². The van der Waals surface area contributed by atoms with Crippen LogP contribution in [0.1, 0.15) is 0 Å². The van der Waals surface area contributed by atoms with E-state index in [9.17, 15) is 4.79 Å². The molecule has 1 aliphatic heterocycles. The molecule has 0 fully saturated rings. The summed E-state index contributed by atoms with van der Waals surface area (Å²) in [5, 5.41) is 0. The first-order valence-corrected chi connectivity index (χ1v) is 6.52. The van der Waals surface area contributed by atoms with Gasteiger partial charge >= 0.3 is 0 Å². The van der Waals surface area contributed by atoms with E-state index in [1.165, 1.54) is 0 Å². The maximum absolute atomic E-state index is 11.4. The molecule has 0 bridgehead atoms. The molecule has 0 aromatic heterocycles. The Labute approximate surface area is 121 Å². The fourth-order valence-corrected chi connectivity index (χ4v) is 2.98. The van der Waals surface area contributed by atoms with E-state index < -0.39 is 0 Å². The average Bonchev–Trinajstić information content (AvgIpc) is 2.35. The minimum Gasteiger partial charge on any atom is -1.00 e. The second-order valence-electron chi connectivity index (χ2n) is 4.46. The molecule has 0 saturated heterocycles. The average molecular weight is 293 g/mol. The summed E-state index contributed by atoms with van der Waals surface area (Å²) in [6.07, 6.45) is 0. The van der Waals surface area contributed by atoms with Crippen molar-refractivity contribution in [1.29, 1.82) is 0 Å². The summed E-state index contributed by atoms with van der Waals surface area (Å²) < 4.78 is 1.15. The molecule has 19 heavy (non-hydrogen) atoms. The van der Waals surface area contributed by atoms with Gasteiger partial charge in [0.25, 0.3) is 0 Å². The lowest BCUT2D eigenvalue weighted by Gasteiger charge is -2.11. The Morgan fingerprint density at radius 2 is 1.89 bits per heavy atom. The van der Waals surface area contributed by atoms with Gasteiger partial charge in [0.2, 0.25) is 11.2 Å². The number of fused-ring (bicyclic) bond motifs is 2. The van der Waals surface area contributed by atoms with E-state index in [-0.39, 0.29) is 17.8 Å². The van der Waals surface area contributed by atoms with Crippen LogP contribution in [0, 0.1) is 0 Å². The van der Waals surface area contributed by atoms with Crippen molar-refractivity contribution in [2.24, 2.45) is 0 Å². The third-order valence-electron chi connectivity index (χ3n) is 2.92. The normalized spacial score (nSPS) is 10.4. The van der Waals surface area contributed by atoms with Crippen LogP contribution in [-0.2, 0) is 0 Å². The predicted octanol–water partition coefficient (Wildman–Crippen LogP) is -0.750. The number of nitrogens with one attached hydrogen (secondary N) is 1. The fraction of sp³-hybridized carbons (Fsp3) is 0.143. The van der Waals surface area contributed by atoms with Crippen LogP contribution in [-0.4, -0.2) is 14.1 Å². The summed E-state index contributed by atoms with van der Waals surface area (Å²) in [4.78, 5) is 17.8. The van der Waals surface area contributed by atoms with Crippen molar-refractivity contribution in [3.05, 3.63) is 46.6 Å². The van der Waals surface area contributed by atoms with Gasteiger partial charge in [0.15, 0.2) is 5.43 Å². The summed E-state index contributed by atoms with van der Waals surface area (Å²) in [7, 11) is 4.04. The monoisotopic (exact) mass is 292 g/mol. The Morgan fingerprint density at radius 1 is 1.11 bits per heavy atom. The fourth-order valence-electron chi connectivity index (χ4n) is 1.93. The molecule has 5 heteroatoms. The van der Waals surface area contributed by atoms with Crippen molar-refractivity contribution in [2.45, 2.75) is 0 Å². The second kappa shape index (κ2) is 5.15. The van der Waals surface area contributed by atoms with Gasteiger partial charge in [0, 0.05) is 38.0 Å². The van der Waals surface area contributed by atoms with Crippen LogP contribution in [0.5, 0.6) is 0 Å². The second-order valence-corrected chi connectivity index (χ2v) is 5.54. The Morgan fingerprint density at radius 3 is 2.63 bits per heavy atom. The summed E-state index contributed by atoms with van der Waals surface area (Å²) in [6.45, 7) is 0. The molecule has 1 N–H and O–H groups in total. The minimum absolute atomic E-state index is 0. The number of hydrogen-bond acceptors (Lipinski definition) is 3. The zero-order valence-electron chi connectivity index (χ0n) is 10.6. The number of aromatic nitrogens is 1. The van der Waals surface area contributed by atoms with E-state index in [0.29, 0.717) is 0 Å². The topological polar surface area (TPSA) is 34.5 Å². The van der Waals surface area contributed by atoms with E-state index >= 15 is 0 Å². The number of rotatable bonds is 1. The summed E-state index contributed by atoms with van der Waals surface area (Å²) in [6, 6.07) is 11.4. The van der Waals surface area contributed by atoms with Crippen LogP contribution in [0.15, 0.2) is 41.2 Å². The molecular weight excluding hydrogens is 280 g/mol. The van der Waals surface area contributed by atoms with Crippen LogP contribution in [0.4, 0.5) is 5.69 Å². The molecule has 1 aromatic carbocycles. The van der Waals surface area contributed by atoms with Crippen molar-refractivity contribution >= 4 is 27.2 Å². The molecule has 0 spiro atoms. The molecule has 98 valence electrons. The molecule has 3 nitrogen and oxygen atoms in total. The first kappa shape index (κ1) is 13.8. The maximum Gasteiger partial charge on any atom is 0.221 e. The van der Waals surface area contributed by atoms with Crippen molar-refractivity contribution in [3.8, 4) is 10.6 Å². The number of aromatic amines is 1. The van der Waals surface area contributed by atoms with Gasteiger partial charge in [-0.2, -0.15) is 0 Å². The van der Waals surface area contributed by atoms with Crippen LogP contribution in [0.2, 0.25) is 0 Å². The highest BCUT2D eigenvalue weighted by Gasteiger charge is 2.13. The molecule has 3 rings (SSSR count). The summed E-state index contributed by atoms with van der Waals surface area (Å²) >= 11 is 1.64. The molecule has 1 aliphatic carbocycles. The van der Waals surface area contributed by atoms with Gasteiger partial charge in [0.1, 0.15) is 9.58 Å². The van der Waals surface area contributed by atoms with E-state index in [1.807, 2.05) is 20.2 Å². The van der Waals surface area contributed by atoms with Crippen LogP contribution in [0.25, 0.3) is 20.8 Å². The standard InChI is InChI=1S/C14H12N2OS.ClH/c1-16(2)9-3-5-11-13(7-9)18-14-8-10(17)4-6-12(14)15-11;/h3-8H,1-2H3;1H. The van der Waals surface area contributed by atoms with Gasteiger partial charge in [-0.1, -0.05) is 0 Å². The van der Waals surface area contributed by atoms with E-state index in [0.717, 1.165) is 26.5 Å². The van der Waals surface area contributed by atoms with E-state index in [2.05, 4.69) is 28.1 Å². The smallest absolute Gasteiger partial charge is 0.221 e. The molecule has 0 saturated carbocycles. The Balaban J connectivity index is 0.00000133. The first-order chi connectivity index (χ1) is 8.63. The summed E-state index contributed by atoms with van der Waals surface area (Å²) in [5.41, 5.74) is 3.31. The van der Waals surface area contributed by atoms with Crippen molar-refractivity contribution < 1.29 is 17.4 Å². The summed E-state index contributed by atoms with van der Waals surface area (Å²) in [5.74, 6) is 0. The quantitative estimate of drug-likeness (QED) is 0.553. The zero-order chi connectivity index (χ0) is 12.7. The molecule has 0 unspecified atom stereocenters. The Hall–Kier alpha value is -1.65. The van der Waals surface area contributed by atoms with Gasteiger partial charge in [-0.3, -0.25) is 4.79 Å². The number of benzene rings is 2. The van der Waals surface area contributed by atoms with Crippen molar-refractivity contribution in [3.63, 3.8) is 0 Å². The number of H-pyrrole nitrogens is 1. The van der Waals surface area contributed by atoms with Gasteiger partial charge in [0.05, 0.1) is 0 Å². The predicted molar refractivity (Wildman–Crippen MR) is 75.6 cm³/mol. The third kappa shape index (κ3) is 2.55. The zero-order valence-corrected chi connectivity index (χ0v) is 12.2. The number of hydrogen-bond donors (Lipinski definition) is 0. The lowest BCUT2D eigenvalue weighted by atomic mass is 10.2. The largest absolute Gasteiger partial charge is 1.00 e. The lowest BCUT2D eigenvalue weighted by Crippen LogP contribution is -3.00. The van der Waals surface area contributed by atoms with Crippen LogP contribution < -0.4 is 27.7 Å². The third-order valence-corrected chi connectivity index (χ3v) is 4.04. The number of anilines is 1. The molecule has 0 amide bonds. The van der Waals surface area contributed by atoms with E-state index in [4.69, 9.17) is 0 Å². The molecule has 0 atom stereocenters. The first-order valence-electron chi connectivity index (χ1n) is 5.71. The van der Waals surface area contributed by atoms with Crippen molar-refractivity contribution in [2.75, 3.05) is 19.0 Å². The van der Waals surface area contributed by atoms with Crippen LogP contribution in [0.3, 0.4) is 0 Å². The minimum atomic E-state index is 0. The maximum atomic E-state index is 11.4. The lowest BCUT2D eigenvalue weighted by molar-refractivity contribution is -0.330. The highest BCUT2D eigenvalue weighted by Crippen LogP contribution is 2.28. The molecule has 2 aliphatic rings. The van der Waals surface area contributed by atoms with Gasteiger partial charge in [-0.25, -0.2) is 4.98 Å². The van der Waals surface area contributed by atoms with Gasteiger partial charge < -0.3 is 17.3 Å². The van der Waals surface area contributed by atoms with Crippen molar-refractivity contribution in [1.82, 2.24) is 0 Å². The number of nitrogens with zero attached hydrogens (tertiary/aromatic N) is 1. The molecule has 1 aromatic rings. The highest BCUT2D eigenvalue weighted by molar-refractivity contribution is 7.21. The highest BCUT2D eigenvalue weighted by atomic mass is 35.5. The van der Waals surface area contributed by atoms with Gasteiger partial charge in [-0.15, -0.1) is 11.3 Å². The SMILES string of the molecule is CN(C)c1ccc2[nH+]c3ccc(=O)cc-3sc2c1.[Cl-]. The molecule has 1 heterocycles. The Bertz CT molecular complexity index is 754. The molecule has 0 radical (unpaired) electrons.